The molecule has 0 aliphatic heterocycles. The molecule has 25 heavy (non-hydrogen) atoms. The van der Waals surface area contributed by atoms with E-state index in [1.807, 2.05) is 44.3 Å². The molecule has 3 aromatic rings. The zero-order chi connectivity index (χ0) is 18.9. The van der Waals surface area contributed by atoms with Crippen molar-refractivity contribution >= 4 is 10.9 Å². The largest absolute Gasteiger partial charge is 0.261 e. The summed E-state index contributed by atoms with van der Waals surface area (Å²) < 4.78 is 0. The van der Waals surface area contributed by atoms with Gasteiger partial charge in [0, 0.05) is 28.4 Å². The van der Waals surface area contributed by atoms with E-state index in [9.17, 15) is 0 Å². The van der Waals surface area contributed by atoms with Crippen molar-refractivity contribution in [2.75, 3.05) is 0 Å². The first-order valence-electron chi connectivity index (χ1n) is 9.15. The van der Waals surface area contributed by atoms with E-state index in [0.717, 1.165) is 11.2 Å². The Balaban J connectivity index is 0.000000235. The molecule has 2 nitrogen and oxygen atoms in total. The highest BCUT2D eigenvalue weighted by atomic mass is 14.7. The van der Waals surface area contributed by atoms with E-state index >= 15 is 0 Å². The highest BCUT2D eigenvalue weighted by molar-refractivity contribution is 5.78. The Morgan fingerprint density at radius 1 is 0.800 bits per heavy atom. The van der Waals surface area contributed by atoms with Crippen molar-refractivity contribution in [3.63, 3.8) is 0 Å². The molecule has 0 amide bonds. The number of pyridine rings is 2. The van der Waals surface area contributed by atoms with E-state index in [1.54, 1.807) is 0 Å². The van der Waals surface area contributed by atoms with Crippen LogP contribution in [0.1, 0.15) is 65.8 Å². The van der Waals surface area contributed by atoms with Gasteiger partial charge in [-0.1, -0.05) is 78.8 Å². The lowest BCUT2D eigenvalue weighted by atomic mass is 9.92. The van der Waals surface area contributed by atoms with Crippen LogP contribution in [-0.2, 0) is 5.41 Å². The molecule has 0 N–H and O–H groups in total. The summed E-state index contributed by atoms with van der Waals surface area (Å²) >= 11 is 0. The number of fused-ring (bicyclic) bond motifs is 1. The minimum atomic E-state index is 0.182. The molecule has 0 saturated heterocycles. The first kappa shape index (κ1) is 20.8. The zero-order valence-electron chi connectivity index (χ0n) is 16.7. The number of rotatable bonds is 1. The summed E-state index contributed by atoms with van der Waals surface area (Å²) in [6.07, 6.45) is 1.83. The van der Waals surface area contributed by atoms with E-state index in [0.29, 0.717) is 5.92 Å². The Hall–Kier alpha value is -2.22. The minimum absolute atomic E-state index is 0.182. The third-order valence-electron chi connectivity index (χ3n) is 3.64. The third-order valence-corrected chi connectivity index (χ3v) is 3.64. The van der Waals surface area contributed by atoms with Crippen LogP contribution in [0, 0.1) is 0 Å². The summed E-state index contributed by atoms with van der Waals surface area (Å²) in [7, 11) is 0. The fourth-order valence-corrected chi connectivity index (χ4v) is 2.21. The molecule has 0 aliphatic rings. The molecule has 0 saturated carbocycles. The molecule has 0 radical (unpaired) electrons. The molecule has 0 atom stereocenters. The lowest BCUT2D eigenvalue weighted by molar-refractivity contribution is 0.569. The van der Waals surface area contributed by atoms with Gasteiger partial charge < -0.3 is 0 Å². The Morgan fingerprint density at radius 2 is 1.44 bits per heavy atom. The molecular formula is C23H32N2. The molecule has 2 aromatic heterocycles. The summed E-state index contributed by atoms with van der Waals surface area (Å²) in [6, 6.07) is 18.5. The fourth-order valence-electron chi connectivity index (χ4n) is 2.21. The van der Waals surface area contributed by atoms with Crippen LogP contribution in [-0.4, -0.2) is 9.97 Å². The van der Waals surface area contributed by atoms with Gasteiger partial charge in [-0.05, 0) is 30.2 Å². The maximum absolute atomic E-state index is 4.57. The van der Waals surface area contributed by atoms with Crippen LogP contribution in [0.15, 0.2) is 60.8 Å². The van der Waals surface area contributed by atoms with Gasteiger partial charge in [0.1, 0.15) is 0 Å². The predicted octanol–water partition coefficient (Wildman–Crippen LogP) is 6.76. The van der Waals surface area contributed by atoms with Crippen molar-refractivity contribution < 1.29 is 0 Å². The van der Waals surface area contributed by atoms with Crippen molar-refractivity contribution in [3.05, 3.63) is 72.2 Å². The van der Waals surface area contributed by atoms with Gasteiger partial charge in [-0.25, -0.2) is 0 Å². The normalized spacial score (nSPS) is 10.6. The van der Waals surface area contributed by atoms with Gasteiger partial charge in [-0.15, -0.1) is 0 Å². The number of benzene rings is 1. The SMILES string of the molecule is CC.CC(C)(C)c1ccccn1.CC(C)c1ccc2ccccc2n1. The number of hydrogen-bond acceptors (Lipinski definition) is 2. The summed E-state index contributed by atoms with van der Waals surface area (Å²) in [5.41, 5.74) is 3.59. The quantitative estimate of drug-likeness (QED) is 0.490. The molecule has 0 unspecified atom stereocenters. The number of aromatic nitrogens is 2. The Labute approximate surface area is 153 Å². The lowest BCUT2D eigenvalue weighted by Crippen LogP contribution is -2.12. The molecule has 2 heterocycles. The van der Waals surface area contributed by atoms with Crippen LogP contribution in [0.4, 0.5) is 0 Å². The minimum Gasteiger partial charge on any atom is -0.261 e. The van der Waals surface area contributed by atoms with Crippen LogP contribution >= 0.6 is 0 Å². The van der Waals surface area contributed by atoms with Crippen LogP contribution in [0.5, 0.6) is 0 Å². The molecule has 134 valence electrons. The summed E-state index contributed by atoms with van der Waals surface area (Å²) in [5, 5.41) is 1.21. The van der Waals surface area contributed by atoms with Gasteiger partial charge in [-0.2, -0.15) is 0 Å². The summed E-state index contributed by atoms with van der Waals surface area (Å²) in [5.74, 6) is 0.504. The molecule has 0 aliphatic carbocycles. The first-order valence-corrected chi connectivity index (χ1v) is 9.15. The monoisotopic (exact) mass is 336 g/mol. The number of para-hydroxylation sites is 1. The number of nitrogens with zero attached hydrogens (tertiary/aromatic N) is 2. The zero-order valence-corrected chi connectivity index (χ0v) is 16.7. The lowest BCUT2D eigenvalue weighted by Gasteiger charge is -2.16. The second kappa shape index (κ2) is 9.93. The van der Waals surface area contributed by atoms with Gasteiger partial charge in [0.25, 0.3) is 0 Å². The second-order valence-corrected chi connectivity index (χ2v) is 7.05. The average molecular weight is 337 g/mol. The van der Waals surface area contributed by atoms with Crippen molar-refractivity contribution in [1.82, 2.24) is 9.97 Å². The van der Waals surface area contributed by atoms with Crippen LogP contribution in [0.25, 0.3) is 10.9 Å². The topological polar surface area (TPSA) is 25.8 Å². The standard InChI is InChI=1S/C12H13N.C9H13N.C2H6/c1-9(2)11-8-7-10-5-3-4-6-12(10)13-11;1-9(2,3)8-6-4-5-7-10-8;1-2/h3-9H,1-2H3;4-7H,1-3H3;1-2H3. The molecule has 1 aromatic carbocycles. The van der Waals surface area contributed by atoms with E-state index in [4.69, 9.17) is 0 Å². The van der Waals surface area contributed by atoms with Crippen LogP contribution in [0.2, 0.25) is 0 Å². The number of hydrogen-bond donors (Lipinski definition) is 0. The fraction of sp³-hybridized carbons (Fsp3) is 0.391. The molecular weight excluding hydrogens is 304 g/mol. The highest BCUT2D eigenvalue weighted by Gasteiger charge is 2.13. The van der Waals surface area contributed by atoms with E-state index in [1.165, 1.54) is 11.1 Å². The molecule has 2 heteroatoms. The smallest absolute Gasteiger partial charge is 0.0705 e. The Kier molecular flexibility index (Phi) is 8.27. The van der Waals surface area contributed by atoms with Crippen LogP contribution in [0.3, 0.4) is 0 Å². The second-order valence-electron chi connectivity index (χ2n) is 7.05. The molecule has 0 fully saturated rings. The van der Waals surface area contributed by atoms with E-state index in [-0.39, 0.29) is 5.41 Å². The Bertz CT molecular complexity index is 741. The van der Waals surface area contributed by atoms with Crippen molar-refractivity contribution in [1.29, 1.82) is 0 Å². The molecule has 0 bridgehead atoms. The van der Waals surface area contributed by atoms with Crippen molar-refractivity contribution in [3.8, 4) is 0 Å². The third kappa shape index (κ3) is 6.66. The maximum Gasteiger partial charge on any atom is 0.0705 e. The highest BCUT2D eigenvalue weighted by Crippen LogP contribution is 2.18. The van der Waals surface area contributed by atoms with Crippen LogP contribution < -0.4 is 0 Å². The first-order chi connectivity index (χ1) is 11.9. The van der Waals surface area contributed by atoms with Gasteiger partial charge in [0.15, 0.2) is 0 Å². The van der Waals surface area contributed by atoms with Gasteiger partial charge >= 0.3 is 0 Å². The summed E-state index contributed by atoms with van der Waals surface area (Å²) in [6.45, 7) is 14.8. The van der Waals surface area contributed by atoms with E-state index in [2.05, 4.69) is 74.9 Å². The predicted molar refractivity (Wildman–Crippen MR) is 110 cm³/mol. The van der Waals surface area contributed by atoms with Gasteiger partial charge in [0.05, 0.1) is 5.52 Å². The maximum atomic E-state index is 4.57. The van der Waals surface area contributed by atoms with Crippen molar-refractivity contribution in [2.24, 2.45) is 0 Å². The Morgan fingerprint density at radius 3 is 1.96 bits per heavy atom. The molecule has 3 rings (SSSR count). The average Bonchev–Trinajstić information content (AvgIpc) is 2.63. The van der Waals surface area contributed by atoms with E-state index < -0.39 is 0 Å². The van der Waals surface area contributed by atoms with Gasteiger partial charge in [0.2, 0.25) is 0 Å². The van der Waals surface area contributed by atoms with Crippen molar-refractivity contribution in [2.45, 2.75) is 59.8 Å². The molecule has 0 spiro atoms. The summed E-state index contributed by atoms with van der Waals surface area (Å²) in [4.78, 5) is 8.82. The van der Waals surface area contributed by atoms with Gasteiger partial charge in [-0.3, -0.25) is 9.97 Å².